The number of unbranched alkanes of at least 4 members (excludes halogenated alkanes) is 8. The average Bonchev–Trinajstić information content (AvgIpc) is 1.58. The van der Waals surface area contributed by atoms with Gasteiger partial charge in [0, 0.05) is 43.8 Å². The Morgan fingerprint density at radius 2 is 0.375 bits per heavy atom. The Hall–Kier alpha value is -12.6. The number of hydrogen-bond acceptors (Lipinski definition) is 30. The van der Waals surface area contributed by atoms with Gasteiger partial charge < -0.3 is 47.9 Å². The van der Waals surface area contributed by atoms with Crippen LogP contribution in [-0.4, -0.2) is 180 Å². The van der Waals surface area contributed by atoms with Gasteiger partial charge in [-0.15, -0.1) is 0 Å². The fraction of sp³-hybridized carbons (Fsp3) is 0.400. The molecule has 0 atom stereocenters. The predicted octanol–water partition coefficient (Wildman–Crippen LogP) is 14.3. The maximum absolute atomic E-state index is 14.1. The number of H-pyrrole nitrogens is 2. The lowest BCUT2D eigenvalue weighted by Gasteiger charge is -2.11. The third kappa shape index (κ3) is 16.3. The van der Waals surface area contributed by atoms with E-state index in [0.717, 1.165) is 0 Å². The molecule has 2 aliphatic heterocycles. The van der Waals surface area contributed by atoms with Gasteiger partial charge in [0.25, 0.3) is 0 Å². The minimum atomic E-state index is -0.909. The van der Waals surface area contributed by atoms with E-state index in [-0.39, 0.29) is 165 Å². The molecule has 0 aliphatic carbocycles. The molecule has 8 bridgehead atoms. The van der Waals surface area contributed by atoms with Crippen LogP contribution in [0, 0.1) is 0 Å². The zero-order valence-corrected chi connectivity index (χ0v) is 63.4. The summed E-state index contributed by atoms with van der Waals surface area (Å²) in [7, 11) is 0. The molecule has 32 heteroatoms. The van der Waals surface area contributed by atoms with E-state index in [0.29, 0.717) is 124 Å². The van der Waals surface area contributed by atoms with Crippen molar-refractivity contribution in [3.63, 3.8) is 0 Å². The van der Waals surface area contributed by atoms with Gasteiger partial charge in [-0.25, -0.2) is 108 Å². The molecule has 32 nitrogen and oxygen atoms in total. The van der Waals surface area contributed by atoms with Crippen LogP contribution >= 0.6 is 0 Å². The number of ether oxygens (including phenoxy) is 8. The lowest BCUT2D eigenvalue weighted by Crippen LogP contribution is -2.19. The van der Waals surface area contributed by atoms with Gasteiger partial charge in [0.1, 0.15) is 22.6 Å². The maximum atomic E-state index is 14.1. The van der Waals surface area contributed by atoms with Gasteiger partial charge in [0.15, 0.2) is 68.8 Å². The first-order valence-corrected chi connectivity index (χ1v) is 38.1. The third-order valence-electron chi connectivity index (χ3n) is 18.4. The number of carbonyl (C=O) groups is 8. The molecule has 2 N–H and O–H groups in total. The van der Waals surface area contributed by atoms with E-state index < -0.39 is 93.3 Å². The second-order valence-corrected chi connectivity index (χ2v) is 26.8. The smallest absolute Gasteiger partial charge is 0.359 e. The Bertz CT molecular complexity index is 5100. The van der Waals surface area contributed by atoms with Crippen molar-refractivity contribution in [3.8, 4) is 45.6 Å². The van der Waals surface area contributed by atoms with Crippen LogP contribution in [0.5, 0.6) is 0 Å². The summed E-state index contributed by atoms with van der Waals surface area (Å²) in [5, 5.41) is 1.25. The first-order chi connectivity index (χ1) is 54.5. The summed E-state index contributed by atoms with van der Waals surface area (Å²) < 4.78 is 45.2. The van der Waals surface area contributed by atoms with E-state index in [1.807, 2.05) is 55.4 Å². The van der Waals surface area contributed by atoms with Gasteiger partial charge in [-0.1, -0.05) is 107 Å². The molecule has 7 aromatic heterocycles. The van der Waals surface area contributed by atoms with Crippen molar-refractivity contribution in [2.24, 2.45) is 0 Å². The van der Waals surface area contributed by atoms with Crippen molar-refractivity contribution < 1.29 is 76.3 Å². The number of nitrogens with one attached hydrogen (secondary N) is 2. The molecule has 112 heavy (non-hydrogen) atoms. The molecule has 0 unspecified atom stereocenters. The van der Waals surface area contributed by atoms with Gasteiger partial charge in [-0.2, -0.15) is 0 Å². The minimum Gasteiger partial charge on any atom is -0.461 e. The second-order valence-electron chi connectivity index (χ2n) is 26.8. The van der Waals surface area contributed by atoms with Gasteiger partial charge in [0.2, 0.25) is 0 Å². The number of benzene rings is 4. The molecule has 9 heterocycles. The summed E-state index contributed by atoms with van der Waals surface area (Å²) in [6, 6.07) is 12.8. The summed E-state index contributed by atoms with van der Waals surface area (Å²) in [6.07, 6.45) is 9.86. The molecule has 2 aliphatic rings. The van der Waals surface area contributed by atoms with Crippen LogP contribution in [0.2, 0.25) is 0 Å². The van der Waals surface area contributed by atoms with E-state index in [1.165, 1.54) is 0 Å². The van der Waals surface area contributed by atoms with Crippen LogP contribution in [0.1, 0.15) is 242 Å². The van der Waals surface area contributed by atoms with Gasteiger partial charge >= 0.3 is 47.8 Å². The molecular weight excluding hydrogens is 1440 g/mol. The van der Waals surface area contributed by atoms with Crippen LogP contribution in [0.4, 0.5) is 0 Å². The molecule has 0 spiro atoms. The van der Waals surface area contributed by atoms with Crippen molar-refractivity contribution in [3.05, 3.63) is 94.1 Å². The van der Waals surface area contributed by atoms with E-state index in [2.05, 4.69) is 9.97 Å². The van der Waals surface area contributed by atoms with E-state index in [9.17, 15) is 38.4 Å². The summed E-state index contributed by atoms with van der Waals surface area (Å²) in [6.45, 7) is 15.7. The average molecular weight is 1520 g/mol. The Morgan fingerprint density at radius 1 is 0.223 bits per heavy atom. The lowest BCUT2D eigenvalue weighted by molar-refractivity contribution is 0.0442. The Labute approximate surface area is 639 Å². The summed E-state index contributed by atoms with van der Waals surface area (Å²) in [5.74, 6) is -7.29. The van der Waals surface area contributed by atoms with Crippen molar-refractivity contribution in [2.75, 3.05) is 52.9 Å². The van der Waals surface area contributed by atoms with Crippen molar-refractivity contribution >= 4 is 136 Å². The van der Waals surface area contributed by atoms with E-state index >= 15 is 0 Å². The van der Waals surface area contributed by atoms with Crippen LogP contribution in [-0.2, 0) is 37.9 Å². The number of rotatable bonds is 32. The quantitative estimate of drug-likeness (QED) is 0.0225. The summed E-state index contributed by atoms with van der Waals surface area (Å²) in [5.41, 5.74) is -0.783. The number of aromatic nitrogens is 16. The summed E-state index contributed by atoms with van der Waals surface area (Å²) in [4.78, 5) is 189. The monoisotopic (exact) mass is 1520 g/mol. The van der Waals surface area contributed by atoms with Crippen molar-refractivity contribution in [1.29, 1.82) is 0 Å². The van der Waals surface area contributed by atoms with Crippen LogP contribution in [0.15, 0.2) is 48.5 Å². The van der Waals surface area contributed by atoms with Crippen molar-refractivity contribution in [1.82, 2.24) is 79.7 Å². The molecule has 13 rings (SSSR count). The standard InChI is InChI=1S/C80H82N16O16/c1-9-17-25-105-73(97)57-58(74(98)106-26-18-10-2)82-50-34-42-41(33-49(50)81-57)65-89-66(42)94-68-45-37-53-54(86-62(78(102)110-30-22-14-6)61(85-53)77(101)109-29-21-13-5)38-46(45)70(91-68)96-72-48-40-56-55(87-63(79(103)111-31-23-15-7)64(88-56)80(104)112-32-24-16-8)39-47(48)71(92-72)95-69-44-36-52-51(35-43(44)67(90-69)93-65)83-59(75(99)107-27-19-11-3)60(84-52)76(100)108-28-20-12-4/h33-40H,9-32H2,1-8H3,(H2,89,90,91,92,93,94,95,96). The molecular formula is C80H82N16O16. The molecule has 578 valence electrons. The van der Waals surface area contributed by atoms with Gasteiger partial charge in [-0.05, 0) is 99.9 Å². The Balaban J connectivity index is 1.15. The van der Waals surface area contributed by atoms with E-state index in [1.54, 1.807) is 48.5 Å². The Kier molecular flexibility index (Phi) is 24.2. The third-order valence-corrected chi connectivity index (χ3v) is 18.4. The number of nitrogens with zero attached hydrogens (tertiary/aromatic N) is 14. The Morgan fingerprint density at radius 3 is 0.527 bits per heavy atom. The fourth-order valence-electron chi connectivity index (χ4n) is 12.1. The number of carbonyl (C=O) groups excluding carboxylic acids is 8. The number of fused-ring (bicyclic) bond motifs is 24. The first kappa shape index (κ1) is 77.5. The van der Waals surface area contributed by atoms with Crippen LogP contribution in [0.3, 0.4) is 0 Å². The normalized spacial score (nSPS) is 11.6. The molecule has 0 saturated heterocycles. The maximum Gasteiger partial charge on any atom is 0.359 e. The molecule has 0 fully saturated rings. The summed E-state index contributed by atoms with van der Waals surface area (Å²) >= 11 is 0. The highest BCUT2D eigenvalue weighted by Gasteiger charge is 2.33. The van der Waals surface area contributed by atoms with Crippen LogP contribution in [0.25, 0.3) is 134 Å². The first-order valence-electron chi connectivity index (χ1n) is 38.1. The molecule has 0 amide bonds. The largest absolute Gasteiger partial charge is 0.461 e. The number of hydrogen-bond donors (Lipinski definition) is 2. The molecule has 0 radical (unpaired) electrons. The lowest BCUT2D eigenvalue weighted by atomic mass is 10.1. The fourth-order valence-corrected chi connectivity index (χ4v) is 12.1. The zero-order valence-electron chi connectivity index (χ0n) is 63.4. The van der Waals surface area contributed by atoms with Gasteiger partial charge in [0.05, 0.1) is 97.0 Å². The SMILES string of the molecule is CCCCOC(=O)c1nc2cc3c(cc2nc1C(=O)OCCCC)-c1nc-3nc2[nH]c(nc3nc(nc4[nH]c(n1)c1cc5nc(C(=O)OCCCC)c(C(=O)OCCCC)nc5cc41)-c1cc4nc(C(=O)OCCCC)c(C(=O)OCCCC)nc4cc1-3)c1cc3nc(C(=O)OCCCC)c(C(=O)OCCCC)nc3cc21. The predicted molar refractivity (Wildman–Crippen MR) is 410 cm³/mol. The molecule has 11 aromatic rings. The van der Waals surface area contributed by atoms with Gasteiger partial charge in [-0.3, -0.25) is 0 Å². The highest BCUT2D eigenvalue weighted by atomic mass is 16.6. The highest BCUT2D eigenvalue weighted by Crippen LogP contribution is 2.41. The second kappa shape index (κ2) is 34.9. The number of aromatic amines is 2. The van der Waals surface area contributed by atoms with Crippen LogP contribution < -0.4 is 0 Å². The molecule has 0 saturated carbocycles. The zero-order chi connectivity index (χ0) is 78.7. The number of esters is 8. The van der Waals surface area contributed by atoms with E-state index in [4.69, 9.17) is 108 Å². The van der Waals surface area contributed by atoms with Crippen molar-refractivity contribution in [2.45, 2.75) is 158 Å². The molecule has 4 aromatic carbocycles. The topological polar surface area (TPSA) is 422 Å². The minimum absolute atomic E-state index is 0.00515. The highest BCUT2D eigenvalue weighted by molar-refractivity contribution is 6.14.